The molecule has 4 nitrogen and oxygen atoms in total. The van der Waals surface area contributed by atoms with Crippen LogP contribution in [0, 0.1) is 0 Å². The fourth-order valence-electron chi connectivity index (χ4n) is 2.14. The number of rotatable bonds is 4. The molecule has 0 bridgehead atoms. The van der Waals surface area contributed by atoms with E-state index in [1.165, 1.54) is 19.3 Å². The summed E-state index contributed by atoms with van der Waals surface area (Å²) < 4.78 is 0.870. The summed E-state index contributed by atoms with van der Waals surface area (Å²) in [6.45, 7) is 2.00. The van der Waals surface area contributed by atoms with Crippen LogP contribution in [-0.4, -0.2) is 25.0 Å². The predicted octanol–water partition coefficient (Wildman–Crippen LogP) is 2.10. The summed E-state index contributed by atoms with van der Waals surface area (Å²) >= 11 is 3.45. The van der Waals surface area contributed by atoms with Crippen molar-refractivity contribution in [2.75, 3.05) is 18.4 Å². The zero-order valence-corrected chi connectivity index (χ0v) is 11.8. The molecule has 0 saturated carbocycles. The molecule has 98 valence electrons. The van der Waals surface area contributed by atoms with E-state index in [0.29, 0.717) is 11.6 Å². The SMILES string of the molecule is NC(=O)c1ccc(NCC2CCCCN2)c(Br)c1. The highest BCUT2D eigenvalue weighted by molar-refractivity contribution is 9.10. The Hall–Kier alpha value is -1.07. The molecule has 1 aromatic carbocycles. The molecule has 18 heavy (non-hydrogen) atoms. The first-order valence-electron chi connectivity index (χ1n) is 6.23. The molecule has 0 spiro atoms. The van der Waals surface area contributed by atoms with Gasteiger partial charge in [0.2, 0.25) is 5.91 Å². The second kappa shape index (κ2) is 6.20. The Labute approximate surface area is 115 Å². The number of hydrogen-bond donors (Lipinski definition) is 3. The topological polar surface area (TPSA) is 67.2 Å². The van der Waals surface area contributed by atoms with Gasteiger partial charge in [-0.25, -0.2) is 0 Å². The Balaban J connectivity index is 1.94. The Morgan fingerprint density at radius 2 is 2.33 bits per heavy atom. The molecule has 1 aliphatic rings. The average Bonchev–Trinajstić information content (AvgIpc) is 2.38. The molecule has 1 fully saturated rings. The number of anilines is 1. The first kappa shape index (κ1) is 13.4. The van der Waals surface area contributed by atoms with Crippen LogP contribution in [0.2, 0.25) is 0 Å². The summed E-state index contributed by atoms with van der Waals surface area (Å²) in [5, 5.41) is 6.87. The third kappa shape index (κ3) is 3.46. The maximum Gasteiger partial charge on any atom is 0.248 e. The highest BCUT2D eigenvalue weighted by Gasteiger charge is 2.12. The number of piperidine rings is 1. The molecule has 1 heterocycles. The maximum absolute atomic E-state index is 11.0. The summed E-state index contributed by atoms with van der Waals surface area (Å²) in [7, 11) is 0. The standard InChI is InChI=1S/C13H18BrN3O/c14-11-7-9(13(15)18)4-5-12(11)17-8-10-3-1-2-6-16-10/h4-5,7,10,16-17H,1-3,6,8H2,(H2,15,18). The van der Waals surface area contributed by atoms with Crippen molar-refractivity contribution in [3.05, 3.63) is 28.2 Å². The van der Waals surface area contributed by atoms with E-state index in [-0.39, 0.29) is 0 Å². The van der Waals surface area contributed by atoms with Crippen molar-refractivity contribution in [2.24, 2.45) is 5.73 Å². The zero-order valence-electron chi connectivity index (χ0n) is 10.2. The van der Waals surface area contributed by atoms with Crippen molar-refractivity contribution in [1.82, 2.24) is 5.32 Å². The number of benzene rings is 1. The smallest absolute Gasteiger partial charge is 0.248 e. The molecule has 1 unspecified atom stereocenters. The number of nitrogens with two attached hydrogens (primary N) is 1. The molecule has 1 aliphatic heterocycles. The van der Waals surface area contributed by atoms with Gasteiger partial charge in [-0.05, 0) is 53.5 Å². The van der Waals surface area contributed by atoms with Crippen LogP contribution in [0.15, 0.2) is 22.7 Å². The minimum absolute atomic E-state index is 0.406. The number of carbonyl (C=O) groups is 1. The second-order valence-electron chi connectivity index (χ2n) is 4.59. The van der Waals surface area contributed by atoms with Crippen LogP contribution in [-0.2, 0) is 0 Å². The number of halogens is 1. The van der Waals surface area contributed by atoms with E-state index >= 15 is 0 Å². The van der Waals surface area contributed by atoms with Gasteiger partial charge in [-0.15, -0.1) is 0 Å². The summed E-state index contributed by atoms with van der Waals surface area (Å²) in [6.07, 6.45) is 3.78. The first-order chi connectivity index (χ1) is 8.66. The third-order valence-corrected chi connectivity index (χ3v) is 3.86. The maximum atomic E-state index is 11.0. The van der Waals surface area contributed by atoms with Crippen LogP contribution in [0.4, 0.5) is 5.69 Å². The van der Waals surface area contributed by atoms with E-state index < -0.39 is 5.91 Å². The van der Waals surface area contributed by atoms with Gasteiger partial charge in [-0.3, -0.25) is 4.79 Å². The largest absolute Gasteiger partial charge is 0.383 e. The molecule has 0 aliphatic carbocycles. The molecule has 0 radical (unpaired) electrons. The summed E-state index contributed by atoms with van der Waals surface area (Å²) in [5.74, 6) is -0.406. The lowest BCUT2D eigenvalue weighted by Gasteiger charge is -2.24. The van der Waals surface area contributed by atoms with E-state index in [0.717, 1.165) is 23.2 Å². The minimum Gasteiger partial charge on any atom is -0.383 e. The van der Waals surface area contributed by atoms with Crippen molar-refractivity contribution in [3.63, 3.8) is 0 Å². The molecule has 1 saturated heterocycles. The van der Waals surface area contributed by atoms with Crippen molar-refractivity contribution >= 4 is 27.5 Å². The zero-order chi connectivity index (χ0) is 13.0. The lowest BCUT2D eigenvalue weighted by atomic mass is 10.1. The van der Waals surface area contributed by atoms with Crippen molar-refractivity contribution in [1.29, 1.82) is 0 Å². The van der Waals surface area contributed by atoms with E-state index in [2.05, 4.69) is 26.6 Å². The van der Waals surface area contributed by atoms with Crippen LogP contribution in [0.25, 0.3) is 0 Å². The number of hydrogen-bond acceptors (Lipinski definition) is 3. The molecule has 0 aromatic heterocycles. The van der Waals surface area contributed by atoms with Gasteiger partial charge in [-0.2, -0.15) is 0 Å². The summed E-state index contributed by atoms with van der Waals surface area (Å²) in [6, 6.07) is 5.90. The molecular formula is C13H18BrN3O. The van der Waals surface area contributed by atoms with Gasteiger partial charge >= 0.3 is 0 Å². The second-order valence-corrected chi connectivity index (χ2v) is 5.44. The van der Waals surface area contributed by atoms with Crippen LogP contribution >= 0.6 is 15.9 Å². The van der Waals surface area contributed by atoms with E-state index in [4.69, 9.17) is 5.73 Å². The fraction of sp³-hybridized carbons (Fsp3) is 0.462. The van der Waals surface area contributed by atoms with Crippen LogP contribution in [0.3, 0.4) is 0 Å². The summed E-state index contributed by atoms with van der Waals surface area (Å²) in [5.41, 5.74) is 6.74. The fourth-order valence-corrected chi connectivity index (χ4v) is 2.66. The first-order valence-corrected chi connectivity index (χ1v) is 7.03. The van der Waals surface area contributed by atoms with E-state index in [1.807, 2.05) is 6.07 Å². The number of nitrogens with one attached hydrogen (secondary N) is 2. The van der Waals surface area contributed by atoms with Gasteiger partial charge in [0, 0.05) is 28.3 Å². The highest BCUT2D eigenvalue weighted by Crippen LogP contribution is 2.23. The Kier molecular flexibility index (Phi) is 4.60. The van der Waals surface area contributed by atoms with E-state index in [9.17, 15) is 4.79 Å². The lowest BCUT2D eigenvalue weighted by molar-refractivity contribution is 0.100. The van der Waals surface area contributed by atoms with Gasteiger partial charge in [0.25, 0.3) is 0 Å². The quantitative estimate of drug-likeness (QED) is 0.797. The molecule has 5 heteroatoms. The lowest BCUT2D eigenvalue weighted by Crippen LogP contribution is -2.39. The monoisotopic (exact) mass is 311 g/mol. The van der Waals surface area contributed by atoms with Gasteiger partial charge in [0.05, 0.1) is 0 Å². The Bertz CT molecular complexity index is 430. The molecule has 1 atom stereocenters. The summed E-state index contributed by atoms with van der Waals surface area (Å²) in [4.78, 5) is 11.0. The third-order valence-electron chi connectivity index (χ3n) is 3.20. The molecule has 2 rings (SSSR count). The predicted molar refractivity (Wildman–Crippen MR) is 76.8 cm³/mol. The van der Waals surface area contributed by atoms with Crippen LogP contribution in [0.1, 0.15) is 29.6 Å². The van der Waals surface area contributed by atoms with Crippen LogP contribution in [0.5, 0.6) is 0 Å². The number of carbonyl (C=O) groups excluding carboxylic acids is 1. The van der Waals surface area contributed by atoms with Gasteiger partial charge < -0.3 is 16.4 Å². The Morgan fingerprint density at radius 3 is 2.94 bits per heavy atom. The minimum atomic E-state index is -0.406. The molecule has 1 aromatic rings. The van der Waals surface area contributed by atoms with Crippen LogP contribution < -0.4 is 16.4 Å². The van der Waals surface area contributed by atoms with Gasteiger partial charge in [0.1, 0.15) is 0 Å². The Morgan fingerprint density at radius 1 is 1.50 bits per heavy atom. The van der Waals surface area contributed by atoms with Crippen molar-refractivity contribution in [2.45, 2.75) is 25.3 Å². The average molecular weight is 312 g/mol. The molecule has 1 amide bonds. The number of primary amides is 1. The number of amides is 1. The van der Waals surface area contributed by atoms with E-state index in [1.54, 1.807) is 12.1 Å². The highest BCUT2D eigenvalue weighted by atomic mass is 79.9. The van der Waals surface area contributed by atoms with Gasteiger partial charge in [-0.1, -0.05) is 6.42 Å². The van der Waals surface area contributed by atoms with Crippen molar-refractivity contribution < 1.29 is 4.79 Å². The normalized spacial score (nSPS) is 19.5. The molecular weight excluding hydrogens is 294 g/mol. The van der Waals surface area contributed by atoms with Gasteiger partial charge in [0.15, 0.2) is 0 Å². The molecule has 4 N–H and O–H groups in total. The van der Waals surface area contributed by atoms with Crippen molar-refractivity contribution in [3.8, 4) is 0 Å².